The van der Waals surface area contributed by atoms with Crippen LogP contribution in [0.5, 0.6) is 0 Å². The number of phosphoric acid groups is 1. The van der Waals surface area contributed by atoms with Gasteiger partial charge in [-0.25, -0.2) is 4.57 Å². The van der Waals surface area contributed by atoms with Gasteiger partial charge >= 0.3 is 7.82 Å². The summed E-state index contributed by atoms with van der Waals surface area (Å²) in [5.41, 5.74) is 0. The maximum absolute atomic E-state index is 12.5. The number of likely N-dealkylation sites (N-methyl/N-ethyl adjacent to an activating group) is 1. The Morgan fingerprint density at radius 3 is 1.71 bits per heavy atom. The SMILES string of the molecule is CCCCCCCCCCCCCCCCCCC=CC(=O)C(OP(=O)(O)OCC[N+](C)(C)C)[C@@H](O)CO. The number of unbranched alkanes of at least 4 members (excludes halogenated alkanes) is 16. The maximum atomic E-state index is 12.5. The number of hydrogen-bond acceptors (Lipinski definition) is 6. The normalized spacial score (nSPS) is 15.6. The highest BCUT2D eigenvalue weighted by Gasteiger charge is 2.35. The van der Waals surface area contributed by atoms with E-state index in [1.54, 1.807) is 6.08 Å². The van der Waals surface area contributed by atoms with Gasteiger partial charge in [0.05, 0.1) is 27.7 Å². The van der Waals surface area contributed by atoms with Crippen molar-refractivity contribution < 1.29 is 38.0 Å². The molecule has 0 aromatic rings. The molecule has 0 spiro atoms. The molecule has 0 aliphatic carbocycles. The number of aliphatic hydroxyl groups excluding tert-OH is 2. The molecule has 8 nitrogen and oxygen atoms in total. The monoisotopic (exact) mass is 564 g/mol. The molecule has 226 valence electrons. The number of nitrogens with zero attached hydrogens (tertiary/aromatic N) is 1. The van der Waals surface area contributed by atoms with Crippen molar-refractivity contribution >= 4 is 13.6 Å². The Morgan fingerprint density at radius 1 is 0.842 bits per heavy atom. The average Bonchev–Trinajstić information content (AvgIpc) is 2.85. The van der Waals surface area contributed by atoms with Crippen LogP contribution in [0, 0.1) is 0 Å². The van der Waals surface area contributed by atoms with Gasteiger partial charge in [-0.3, -0.25) is 13.8 Å². The van der Waals surface area contributed by atoms with Gasteiger partial charge in [0.15, 0.2) is 11.9 Å². The lowest BCUT2D eigenvalue weighted by Gasteiger charge is -2.25. The van der Waals surface area contributed by atoms with Crippen LogP contribution in [0.15, 0.2) is 12.2 Å². The fraction of sp³-hybridized carbons (Fsp3) is 0.897. The van der Waals surface area contributed by atoms with Crippen LogP contribution in [-0.4, -0.2) is 78.5 Å². The van der Waals surface area contributed by atoms with Crippen molar-refractivity contribution in [1.82, 2.24) is 0 Å². The summed E-state index contributed by atoms with van der Waals surface area (Å²) in [5.74, 6) is -0.674. The highest BCUT2D eigenvalue weighted by Crippen LogP contribution is 2.45. The van der Waals surface area contributed by atoms with Gasteiger partial charge in [0.1, 0.15) is 19.3 Å². The van der Waals surface area contributed by atoms with E-state index in [1.807, 2.05) is 21.1 Å². The van der Waals surface area contributed by atoms with E-state index in [-0.39, 0.29) is 6.61 Å². The third-order valence-electron chi connectivity index (χ3n) is 6.59. The maximum Gasteiger partial charge on any atom is 0.473 e. The van der Waals surface area contributed by atoms with Crippen molar-refractivity contribution in [2.24, 2.45) is 0 Å². The standard InChI is InChI=1S/C29H58NO7P/c1-5-6-7-8-9-10-11-12-13-14-15-16-17-18-19-20-21-22-23-27(32)29(28(33)26-31)37-38(34,35)36-25-24-30(2,3)4/h22-23,28-29,31,33H,5-21,24-26H2,1-4H3/p+1/t28-,29?/m0/s1. The van der Waals surface area contributed by atoms with Crippen molar-refractivity contribution in [3.63, 3.8) is 0 Å². The zero-order valence-corrected chi connectivity index (χ0v) is 25.7. The molecular weight excluding hydrogens is 505 g/mol. The quantitative estimate of drug-likeness (QED) is 0.0463. The molecule has 3 atom stereocenters. The van der Waals surface area contributed by atoms with Gasteiger partial charge in [0.2, 0.25) is 0 Å². The highest BCUT2D eigenvalue weighted by molar-refractivity contribution is 7.47. The summed E-state index contributed by atoms with van der Waals surface area (Å²) in [4.78, 5) is 22.4. The van der Waals surface area contributed by atoms with E-state index in [1.165, 1.54) is 96.0 Å². The van der Waals surface area contributed by atoms with Gasteiger partial charge in [-0.15, -0.1) is 0 Å². The van der Waals surface area contributed by atoms with E-state index in [0.29, 0.717) is 17.4 Å². The van der Waals surface area contributed by atoms with Gasteiger partial charge in [0, 0.05) is 0 Å². The van der Waals surface area contributed by atoms with Crippen LogP contribution in [0.4, 0.5) is 0 Å². The predicted molar refractivity (Wildman–Crippen MR) is 155 cm³/mol. The van der Waals surface area contributed by atoms with Crippen molar-refractivity contribution in [1.29, 1.82) is 0 Å². The van der Waals surface area contributed by atoms with E-state index in [0.717, 1.165) is 12.8 Å². The summed E-state index contributed by atoms with van der Waals surface area (Å²) in [6.45, 7) is 1.88. The first-order valence-electron chi connectivity index (χ1n) is 15.0. The molecule has 0 heterocycles. The fourth-order valence-corrected chi connectivity index (χ4v) is 5.02. The summed E-state index contributed by atoms with van der Waals surface area (Å²) in [6.07, 6.45) is 21.1. The predicted octanol–water partition coefficient (Wildman–Crippen LogP) is 6.32. The lowest BCUT2D eigenvalue weighted by atomic mass is 10.0. The van der Waals surface area contributed by atoms with Gasteiger partial charge < -0.3 is 19.6 Å². The van der Waals surface area contributed by atoms with Crippen LogP contribution in [0.2, 0.25) is 0 Å². The molecule has 0 bridgehead atoms. The van der Waals surface area contributed by atoms with Crippen molar-refractivity contribution in [2.75, 3.05) is 40.9 Å². The fourth-order valence-electron chi connectivity index (χ4n) is 4.12. The Kier molecular flexibility index (Phi) is 22.8. The topological polar surface area (TPSA) is 113 Å². The molecule has 0 amide bonds. The molecule has 0 radical (unpaired) electrons. The van der Waals surface area contributed by atoms with Crippen LogP contribution in [-0.2, 0) is 18.4 Å². The molecule has 0 fully saturated rings. The smallest absolute Gasteiger partial charge is 0.394 e. The molecule has 2 unspecified atom stereocenters. The number of carbonyl (C=O) groups excluding carboxylic acids is 1. The van der Waals surface area contributed by atoms with Crippen molar-refractivity contribution in [3.8, 4) is 0 Å². The summed E-state index contributed by atoms with van der Waals surface area (Å²) < 4.78 is 22.6. The molecular formula is C29H59NO7P+. The van der Waals surface area contributed by atoms with Crippen LogP contribution in [0.25, 0.3) is 0 Å². The van der Waals surface area contributed by atoms with Gasteiger partial charge in [-0.05, 0) is 18.9 Å². The number of quaternary nitrogens is 1. The van der Waals surface area contributed by atoms with Crippen LogP contribution in [0.1, 0.15) is 116 Å². The van der Waals surface area contributed by atoms with Crippen LogP contribution < -0.4 is 0 Å². The van der Waals surface area contributed by atoms with E-state index < -0.39 is 32.4 Å². The highest BCUT2D eigenvalue weighted by atomic mass is 31.2. The Hall–Kier alpha value is -0.600. The molecule has 0 aliphatic heterocycles. The molecule has 38 heavy (non-hydrogen) atoms. The Balaban J connectivity index is 3.97. The lowest BCUT2D eigenvalue weighted by Crippen LogP contribution is -2.39. The van der Waals surface area contributed by atoms with E-state index in [9.17, 15) is 24.5 Å². The largest absolute Gasteiger partial charge is 0.473 e. The molecule has 0 aliphatic rings. The number of carbonyl (C=O) groups is 1. The number of ketones is 1. The van der Waals surface area contributed by atoms with Crippen LogP contribution in [0.3, 0.4) is 0 Å². The molecule has 0 saturated heterocycles. The minimum absolute atomic E-state index is 0.0531. The summed E-state index contributed by atoms with van der Waals surface area (Å²) in [6, 6.07) is 0. The van der Waals surface area contributed by atoms with Crippen LogP contribution >= 0.6 is 7.82 Å². The second-order valence-electron chi connectivity index (χ2n) is 11.5. The second kappa shape index (κ2) is 23.1. The summed E-state index contributed by atoms with van der Waals surface area (Å²) >= 11 is 0. The summed E-state index contributed by atoms with van der Waals surface area (Å²) in [5, 5.41) is 19.2. The van der Waals surface area contributed by atoms with Gasteiger partial charge in [-0.1, -0.05) is 109 Å². The third-order valence-corrected chi connectivity index (χ3v) is 7.59. The summed E-state index contributed by atoms with van der Waals surface area (Å²) in [7, 11) is 1.13. The average molecular weight is 565 g/mol. The first-order chi connectivity index (χ1) is 18.0. The lowest BCUT2D eigenvalue weighted by molar-refractivity contribution is -0.870. The Labute approximate surface area is 233 Å². The number of phosphoric ester groups is 1. The molecule has 0 rings (SSSR count). The second-order valence-corrected chi connectivity index (χ2v) is 12.9. The van der Waals surface area contributed by atoms with E-state index in [2.05, 4.69) is 6.92 Å². The zero-order chi connectivity index (χ0) is 28.7. The minimum Gasteiger partial charge on any atom is -0.394 e. The van der Waals surface area contributed by atoms with Crippen molar-refractivity contribution in [3.05, 3.63) is 12.2 Å². The first-order valence-corrected chi connectivity index (χ1v) is 16.5. The van der Waals surface area contributed by atoms with E-state index >= 15 is 0 Å². The number of aliphatic hydroxyl groups is 2. The number of rotatable bonds is 27. The molecule has 3 N–H and O–H groups in total. The van der Waals surface area contributed by atoms with E-state index in [4.69, 9.17) is 9.05 Å². The molecule has 0 saturated carbocycles. The Morgan fingerprint density at radius 2 is 1.29 bits per heavy atom. The van der Waals surface area contributed by atoms with Crippen molar-refractivity contribution in [2.45, 2.75) is 128 Å². The number of hydrogen-bond donors (Lipinski definition) is 3. The molecule has 0 aromatic carbocycles. The minimum atomic E-state index is -4.57. The molecule has 0 aromatic heterocycles. The first kappa shape index (κ1) is 37.4. The Bertz CT molecular complexity index is 651. The molecule has 9 heteroatoms. The van der Waals surface area contributed by atoms with Gasteiger partial charge in [0.25, 0.3) is 0 Å². The third kappa shape index (κ3) is 23.3. The van der Waals surface area contributed by atoms with Gasteiger partial charge in [-0.2, -0.15) is 0 Å². The number of allylic oxidation sites excluding steroid dienone is 1. The zero-order valence-electron chi connectivity index (χ0n) is 24.8.